The van der Waals surface area contributed by atoms with Gasteiger partial charge >= 0.3 is 0 Å². The predicted octanol–water partition coefficient (Wildman–Crippen LogP) is 4.78. The maximum Gasteiger partial charge on any atom is 0.277 e. The predicted molar refractivity (Wildman–Crippen MR) is 107 cm³/mol. The first-order valence-electron chi connectivity index (χ1n) is 8.86. The zero-order valence-electron chi connectivity index (χ0n) is 15.6. The molecule has 0 spiro atoms. The number of benzene rings is 2. The average molecular weight is 350 g/mol. The van der Waals surface area contributed by atoms with E-state index >= 15 is 0 Å². The fraction of sp³-hybridized carbons (Fsp3) is 0.273. The highest BCUT2D eigenvalue weighted by molar-refractivity contribution is 5.86. The highest BCUT2D eigenvalue weighted by Gasteiger charge is 2.04. The molecule has 4 heteroatoms. The number of hydrazone groups is 1. The van der Waals surface area contributed by atoms with Crippen molar-refractivity contribution < 1.29 is 9.53 Å². The number of hydrogen-bond donors (Lipinski definition) is 1. The lowest BCUT2D eigenvalue weighted by Crippen LogP contribution is -2.24. The summed E-state index contributed by atoms with van der Waals surface area (Å²) in [5, 5.41) is 3.96. The third kappa shape index (κ3) is 6.55. The minimum Gasteiger partial charge on any atom is -0.484 e. The zero-order valence-corrected chi connectivity index (χ0v) is 15.6. The second-order valence-electron chi connectivity index (χ2n) is 6.26. The molecule has 0 unspecified atom stereocenters. The number of carbonyl (C=O) groups is 1. The van der Waals surface area contributed by atoms with Crippen molar-refractivity contribution in [1.29, 1.82) is 0 Å². The second-order valence-corrected chi connectivity index (χ2v) is 6.26. The van der Waals surface area contributed by atoms with E-state index in [1.807, 2.05) is 67.6 Å². The molecule has 2 rings (SSSR count). The molecular weight excluding hydrogens is 324 g/mol. The van der Waals surface area contributed by atoms with E-state index in [1.165, 1.54) is 5.56 Å². The maximum atomic E-state index is 11.8. The zero-order chi connectivity index (χ0) is 18.8. The van der Waals surface area contributed by atoms with E-state index in [2.05, 4.69) is 24.4 Å². The van der Waals surface area contributed by atoms with Gasteiger partial charge in [0.25, 0.3) is 5.91 Å². The molecule has 2 aromatic carbocycles. The number of carbonyl (C=O) groups excluding carboxylic acids is 1. The molecule has 0 saturated heterocycles. The number of hydrogen-bond acceptors (Lipinski definition) is 3. The summed E-state index contributed by atoms with van der Waals surface area (Å²) in [5.41, 5.74) is 5.78. The van der Waals surface area contributed by atoms with Crippen molar-refractivity contribution in [3.63, 3.8) is 0 Å². The van der Waals surface area contributed by atoms with Gasteiger partial charge in [-0.3, -0.25) is 4.79 Å². The first-order valence-corrected chi connectivity index (χ1v) is 8.86. The van der Waals surface area contributed by atoms with Crippen molar-refractivity contribution in [2.75, 3.05) is 6.61 Å². The summed E-state index contributed by atoms with van der Waals surface area (Å²) in [6.07, 6.45) is 4.70. The molecule has 0 heterocycles. The van der Waals surface area contributed by atoms with E-state index in [1.54, 1.807) is 6.21 Å². The molecule has 26 heavy (non-hydrogen) atoms. The van der Waals surface area contributed by atoms with Crippen LogP contribution in [0.25, 0.3) is 6.08 Å². The Bertz CT molecular complexity index is 749. The van der Waals surface area contributed by atoms with Gasteiger partial charge in [-0.25, -0.2) is 5.43 Å². The normalized spacial score (nSPS) is 12.8. The standard InChI is InChI=1S/C22H26N2O2/c1-4-18(3)20-10-12-21(13-11-20)26-16-22(25)24-23-15-17(2)14-19-8-6-5-7-9-19/h5-15,18H,4,16H2,1-3H3,(H,24,25)/b17-14-,23-15-/t18-/m0/s1. The van der Waals surface area contributed by atoms with Crippen LogP contribution in [0, 0.1) is 0 Å². The van der Waals surface area contributed by atoms with Crippen LogP contribution in [0.15, 0.2) is 65.3 Å². The van der Waals surface area contributed by atoms with Crippen LogP contribution in [0.3, 0.4) is 0 Å². The van der Waals surface area contributed by atoms with Crippen molar-refractivity contribution >= 4 is 18.2 Å². The maximum absolute atomic E-state index is 11.8. The summed E-state index contributed by atoms with van der Waals surface area (Å²) in [4.78, 5) is 11.8. The van der Waals surface area contributed by atoms with Crippen LogP contribution in [0.4, 0.5) is 0 Å². The molecule has 2 aromatic rings. The van der Waals surface area contributed by atoms with E-state index in [0.29, 0.717) is 11.7 Å². The molecule has 0 aromatic heterocycles. The Morgan fingerprint density at radius 1 is 1.15 bits per heavy atom. The van der Waals surface area contributed by atoms with Crippen molar-refractivity contribution in [2.45, 2.75) is 33.1 Å². The SMILES string of the molecule is CC[C@H](C)c1ccc(OCC(=O)N/N=C\C(C)=C/c2ccccc2)cc1. The Hall–Kier alpha value is -2.88. The number of amides is 1. The van der Waals surface area contributed by atoms with Gasteiger partial charge in [-0.1, -0.05) is 62.4 Å². The van der Waals surface area contributed by atoms with Crippen LogP contribution in [0.2, 0.25) is 0 Å². The summed E-state index contributed by atoms with van der Waals surface area (Å²) < 4.78 is 5.49. The average Bonchev–Trinajstić information content (AvgIpc) is 2.67. The number of nitrogens with one attached hydrogen (secondary N) is 1. The molecule has 0 aliphatic rings. The van der Waals surface area contributed by atoms with Crippen LogP contribution >= 0.6 is 0 Å². The Balaban J connectivity index is 1.77. The summed E-state index contributed by atoms with van der Waals surface area (Å²) >= 11 is 0. The lowest BCUT2D eigenvalue weighted by molar-refractivity contribution is -0.123. The van der Waals surface area contributed by atoms with E-state index < -0.39 is 0 Å². The quantitative estimate of drug-likeness (QED) is 0.550. The largest absolute Gasteiger partial charge is 0.484 e. The van der Waals surface area contributed by atoms with Gasteiger partial charge in [0.15, 0.2) is 6.61 Å². The van der Waals surface area contributed by atoms with E-state index in [9.17, 15) is 4.79 Å². The molecule has 1 amide bonds. The number of nitrogens with zero attached hydrogens (tertiary/aromatic N) is 1. The molecule has 0 radical (unpaired) electrons. The summed E-state index contributed by atoms with van der Waals surface area (Å²) in [7, 11) is 0. The molecule has 1 atom stereocenters. The van der Waals surface area contributed by atoms with Gasteiger partial charge in [0.2, 0.25) is 0 Å². The van der Waals surface area contributed by atoms with Crippen molar-refractivity contribution in [2.24, 2.45) is 5.10 Å². The Morgan fingerprint density at radius 2 is 1.85 bits per heavy atom. The van der Waals surface area contributed by atoms with E-state index in [4.69, 9.17) is 4.74 Å². The van der Waals surface area contributed by atoms with Gasteiger partial charge in [-0.2, -0.15) is 5.10 Å². The summed E-state index contributed by atoms with van der Waals surface area (Å²) in [6.45, 7) is 6.21. The molecule has 0 aliphatic carbocycles. The number of allylic oxidation sites excluding steroid dienone is 1. The fourth-order valence-electron chi connectivity index (χ4n) is 2.36. The van der Waals surface area contributed by atoms with Crippen molar-refractivity contribution in [1.82, 2.24) is 5.43 Å². The van der Waals surface area contributed by atoms with Crippen LogP contribution < -0.4 is 10.2 Å². The molecule has 4 nitrogen and oxygen atoms in total. The van der Waals surface area contributed by atoms with Crippen LogP contribution in [-0.2, 0) is 4.79 Å². The molecular formula is C22H26N2O2. The highest BCUT2D eigenvalue weighted by Crippen LogP contribution is 2.21. The van der Waals surface area contributed by atoms with E-state index in [-0.39, 0.29) is 12.5 Å². The van der Waals surface area contributed by atoms with Crippen molar-refractivity contribution in [3.8, 4) is 5.75 Å². The second kappa shape index (κ2) is 10.2. The summed E-state index contributed by atoms with van der Waals surface area (Å²) in [5.74, 6) is 0.907. The lowest BCUT2D eigenvalue weighted by Gasteiger charge is -2.10. The fourth-order valence-corrected chi connectivity index (χ4v) is 2.36. The highest BCUT2D eigenvalue weighted by atomic mass is 16.5. The Kier molecular flexibility index (Phi) is 7.62. The molecule has 0 saturated carbocycles. The molecule has 0 fully saturated rings. The van der Waals surface area contributed by atoms with Gasteiger partial charge in [-0.15, -0.1) is 0 Å². The topological polar surface area (TPSA) is 50.7 Å². The third-order valence-electron chi connectivity index (χ3n) is 4.08. The first kappa shape index (κ1) is 19.4. The molecule has 136 valence electrons. The van der Waals surface area contributed by atoms with Gasteiger partial charge in [0, 0.05) is 0 Å². The summed E-state index contributed by atoms with van der Waals surface area (Å²) in [6, 6.07) is 17.8. The van der Waals surface area contributed by atoms with Gasteiger partial charge in [-0.05, 0) is 48.1 Å². The van der Waals surface area contributed by atoms with Crippen LogP contribution in [0.5, 0.6) is 5.75 Å². The van der Waals surface area contributed by atoms with Crippen LogP contribution in [-0.4, -0.2) is 18.7 Å². The Morgan fingerprint density at radius 3 is 2.50 bits per heavy atom. The third-order valence-corrected chi connectivity index (χ3v) is 4.08. The molecule has 1 N–H and O–H groups in total. The Labute approximate surface area is 155 Å². The minimum atomic E-state index is -0.292. The van der Waals surface area contributed by atoms with Gasteiger partial charge in [0.1, 0.15) is 5.75 Å². The van der Waals surface area contributed by atoms with E-state index in [0.717, 1.165) is 17.6 Å². The smallest absolute Gasteiger partial charge is 0.277 e. The lowest BCUT2D eigenvalue weighted by atomic mass is 9.99. The van der Waals surface area contributed by atoms with Gasteiger partial charge in [0.05, 0.1) is 6.21 Å². The molecule has 0 bridgehead atoms. The number of rotatable bonds is 8. The first-order chi connectivity index (χ1) is 12.6. The van der Waals surface area contributed by atoms with Crippen LogP contribution in [0.1, 0.15) is 44.2 Å². The van der Waals surface area contributed by atoms with Crippen molar-refractivity contribution in [3.05, 3.63) is 71.3 Å². The number of ether oxygens (including phenoxy) is 1. The minimum absolute atomic E-state index is 0.0680. The molecule has 0 aliphatic heterocycles. The monoisotopic (exact) mass is 350 g/mol. The van der Waals surface area contributed by atoms with Gasteiger partial charge < -0.3 is 4.74 Å².